The lowest BCUT2D eigenvalue weighted by molar-refractivity contribution is -0.138. The molecule has 0 spiro atoms. The van der Waals surface area contributed by atoms with Crippen LogP contribution >= 0.6 is 11.6 Å². The number of nitrogens with one attached hydrogen (secondary N) is 3. The molecule has 1 aromatic heterocycles. The number of hydrogen-bond acceptors (Lipinski definition) is 3. The summed E-state index contributed by atoms with van der Waals surface area (Å²) in [6.45, 7) is 0.833. The van der Waals surface area contributed by atoms with Crippen molar-refractivity contribution in [3.63, 3.8) is 0 Å². The fourth-order valence-electron chi connectivity index (χ4n) is 3.92. The Balaban J connectivity index is 1.34. The zero-order valence-electron chi connectivity index (χ0n) is 17.9. The van der Waals surface area contributed by atoms with Gasteiger partial charge < -0.3 is 16.0 Å². The molecule has 1 heterocycles. The molecule has 33 heavy (non-hydrogen) atoms. The van der Waals surface area contributed by atoms with Crippen LogP contribution < -0.4 is 16.0 Å². The first-order chi connectivity index (χ1) is 15.7. The Morgan fingerprint density at radius 1 is 0.939 bits per heavy atom. The summed E-state index contributed by atoms with van der Waals surface area (Å²) in [4.78, 5) is 28.1. The summed E-state index contributed by atoms with van der Waals surface area (Å²) in [5.41, 5.74) is -0.263. The van der Waals surface area contributed by atoms with Crippen LogP contribution in [-0.4, -0.2) is 30.0 Å². The van der Waals surface area contributed by atoms with E-state index in [2.05, 4.69) is 20.9 Å². The van der Waals surface area contributed by atoms with Crippen molar-refractivity contribution < 1.29 is 22.8 Å². The lowest BCUT2D eigenvalue weighted by atomic mass is 9.82. The summed E-state index contributed by atoms with van der Waals surface area (Å²) in [7, 11) is 0. The molecule has 0 radical (unpaired) electrons. The summed E-state index contributed by atoms with van der Waals surface area (Å²) in [6, 6.07) is 7.90. The number of carbonyl (C=O) groups excluding carboxylic acids is 2. The number of benzene rings is 1. The molecule has 0 atom stereocenters. The van der Waals surface area contributed by atoms with Gasteiger partial charge in [-0.1, -0.05) is 29.8 Å². The number of alkyl halides is 3. The molecular weight excluding hydrogens is 457 g/mol. The molecule has 10 heteroatoms. The summed E-state index contributed by atoms with van der Waals surface area (Å²) < 4.78 is 39.1. The van der Waals surface area contributed by atoms with Gasteiger partial charge >= 0.3 is 12.2 Å². The molecule has 0 unspecified atom stereocenters. The zero-order valence-corrected chi connectivity index (χ0v) is 18.7. The van der Waals surface area contributed by atoms with Crippen LogP contribution in [0.25, 0.3) is 0 Å². The number of urea groups is 1. The molecule has 3 N–H and O–H groups in total. The molecule has 2 aromatic rings. The second-order valence-electron chi connectivity index (χ2n) is 8.18. The summed E-state index contributed by atoms with van der Waals surface area (Å²) in [6.07, 6.45) is 0.629. The van der Waals surface area contributed by atoms with E-state index in [9.17, 15) is 22.8 Å². The van der Waals surface area contributed by atoms with E-state index < -0.39 is 17.8 Å². The third kappa shape index (κ3) is 7.63. The number of pyridine rings is 1. The average molecular weight is 483 g/mol. The predicted octanol–water partition coefficient (Wildman–Crippen LogP) is 4.79. The Hall–Kier alpha value is -2.81. The van der Waals surface area contributed by atoms with Crippen LogP contribution in [0.3, 0.4) is 0 Å². The van der Waals surface area contributed by atoms with E-state index in [0.717, 1.165) is 31.7 Å². The van der Waals surface area contributed by atoms with Crippen molar-refractivity contribution in [3.8, 4) is 0 Å². The van der Waals surface area contributed by atoms with Crippen LogP contribution in [0.1, 0.15) is 47.2 Å². The molecule has 3 rings (SSSR count). The maximum atomic E-state index is 13.0. The van der Waals surface area contributed by atoms with Crippen molar-refractivity contribution in [2.75, 3.05) is 13.1 Å². The third-order valence-corrected chi connectivity index (χ3v) is 6.04. The number of hydrogen-bond donors (Lipinski definition) is 3. The van der Waals surface area contributed by atoms with Crippen LogP contribution in [-0.2, 0) is 12.7 Å². The van der Waals surface area contributed by atoms with Gasteiger partial charge in [-0.2, -0.15) is 13.2 Å². The van der Waals surface area contributed by atoms with Crippen molar-refractivity contribution in [1.82, 2.24) is 20.9 Å². The van der Waals surface area contributed by atoms with Crippen molar-refractivity contribution in [2.24, 2.45) is 11.8 Å². The fraction of sp³-hybridized carbons (Fsp3) is 0.435. The number of nitrogens with zero attached hydrogens (tertiary/aromatic N) is 1. The lowest BCUT2D eigenvalue weighted by Crippen LogP contribution is -2.39. The molecule has 0 aliphatic heterocycles. The maximum absolute atomic E-state index is 13.0. The number of amides is 3. The van der Waals surface area contributed by atoms with E-state index in [4.69, 9.17) is 11.6 Å². The normalized spacial score (nSPS) is 18.4. The molecule has 3 amide bonds. The van der Waals surface area contributed by atoms with Gasteiger partial charge in [0, 0.05) is 25.8 Å². The minimum Gasteiger partial charge on any atom is -0.352 e. The van der Waals surface area contributed by atoms with Gasteiger partial charge in [0.15, 0.2) is 0 Å². The fourth-order valence-corrected chi connectivity index (χ4v) is 4.03. The van der Waals surface area contributed by atoms with Gasteiger partial charge in [-0.3, -0.25) is 4.79 Å². The van der Waals surface area contributed by atoms with E-state index in [0.29, 0.717) is 35.6 Å². The lowest BCUT2D eigenvalue weighted by Gasteiger charge is -2.28. The predicted molar refractivity (Wildman–Crippen MR) is 119 cm³/mol. The highest BCUT2D eigenvalue weighted by molar-refractivity contribution is 6.29. The second-order valence-corrected chi connectivity index (χ2v) is 8.57. The second kappa shape index (κ2) is 11.4. The van der Waals surface area contributed by atoms with Crippen molar-refractivity contribution >= 4 is 23.5 Å². The molecule has 0 saturated heterocycles. The van der Waals surface area contributed by atoms with Gasteiger partial charge in [0.05, 0.1) is 11.1 Å². The van der Waals surface area contributed by atoms with Crippen LogP contribution in [0.4, 0.5) is 18.0 Å². The number of rotatable bonds is 7. The van der Waals surface area contributed by atoms with E-state index in [1.807, 2.05) is 0 Å². The first kappa shape index (κ1) is 24.8. The topological polar surface area (TPSA) is 83.1 Å². The number of aromatic nitrogens is 1. The van der Waals surface area contributed by atoms with Crippen LogP contribution in [0, 0.1) is 11.8 Å². The van der Waals surface area contributed by atoms with Crippen molar-refractivity contribution in [1.29, 1.82) is 0 Å². The molecule has 0 bridgehead atoms. The molecule has 1 saturated carbocycles. The summed E-state index contributed by atoms with van der Waals surface area (Å²) >= 11 is 5.73. The van der Waals surface area contributed by atoms with Crippen LogP contribution in [0.15, 0.2) is 42.6 Å². The van der Waals surface area contributed by atoms with Gasteiger partial charge in [0.1, 0.15) is 5.15 Å². The largest absolute Gasteiger partial charge is 0.416 e. The Morgan fingerprint density at radius 3 is 2.18 bits per heavy atom. The van der Waals surface area contributed by atoms with Crippen molar-refractivity contribution in [2.45, 2.75) is 38.4 Å². The van der Waals surface area contributed by atoms with Crippen molar-refractivity contribution in [3.05, 3.63) is 64.4 Å². The summed E-state index contributed by atoms with van der Waals surface area (Å²) in [5, 5.41) is 8.50. The van der Waals surface area contributed by atoms with E-state index in [-0.39, 0.29) is 18.0 Å². The van der Waals surface area contributed by atoms with E-state index >= 15 is 0 Å². The van der Waals surface area contributed by atoms with Gasteiger partial charge in [-0.15, -0.1) is 0 Å². The first-order valence-corrected chi connectivity index (χ1v) is 11.2. The Bertz CT molecular complexity index is 945. The minimum absolute atomic E-state index is 0.0251. The average Bonchev–Trinajstić information content (AvgIpc) is 2.80. The zero-order chi connectivity index (χ0) is 23.8. The van der Waals surface area contributed by atoms with Gasteiger partial charge in [-0.05, 0) is 61.3 Å². The molecule has 6 nitrogen and oxygen atoms in total. The Morgan fingerprint density at radius 2 is 1.58 bits per heavy atom. The van der Waals surface area contributed by atoms with E-state index in [1.165, 1.54) is 24.4 Å². The quantitative estimate of drug-likeness (QED) is 0.496. The highest BCUT2D eigenvalue weighted by Crippen LogP contribution is 2.32. The summed E-state index contributed by atoms with van der Waals surface area (Å²) in [5.74, 6) is 0.468. The maximum Gasteiger partial charge on any atom is 0.416 e. The van der Waals surface area contributed by atoms with Gasteiger partial charge in [-0.25, -0.2) is 9.78 Å². The van der Waals surface area contributed by atoms with Crippen LogP contribution in [0.2, 0.25) is 5.15 Å². The highest BCUT2D eigenvalue weighted by Gasteiger charge is 2.32. The first-order valence-electron chi connectivity index (χ1n) is 10.8. The minimum atomic E-state index is -4.46. The van der Waals surface area contributed by atoms with Gasteiger partial charge in [0.25, 0.3) is 5.91 Å². The molecule has 1 aromatic carbocycles. The number of carbonyl (C=O) groups is 2. The standard InChI is InChI=1S/C23H26ClF3N4O2/c24-20-10-9-18(14-28-20)21(32)29-11-15-5-7-16(8-6-15)12-30-22(33)31-13-17-3-1-2-4-19(17)23(25,26)27/h1-4,9-10,14-16H,5-8,11-13H2,(H,29,32)(H2,30,31,33). The third-order valence-electron chi connectivity index (χ3n) is 5.82. The highest BCUT2D eigenvalue weighted by atomic mass is 35.5. The van der Waals surface area contributed by atoms with Crippen LogP contribution in [0.5, 0.6) is 0 Å². The monoisotopic (exact) mass is 482 g/mol. The smallest absolute Gasteiger partial charge is 0.352 e. The Labute approximate surface area is 195 Å². The van der Waals surface area contributed by atoms with Gasteiger partial charge in [0.2, 0.25) is 0 Å². The molecular formula is C23H26ClF3N4O2. The number of halogens is 4. The molecule has 1 aliphatic rings. The Kier molecular flexibility index (Phi) is 8.55. The SMILES string of the molecule is O=C(NCc1ccccc1C(F)(F)F)NCC1CCC(CNC(=O)c2ccc(Cl)nc2)CC1. The molecule has 1 aliphatic carbocycles. The van der Waals surface area contributed by atoms with E-state index in [1.54, 1.807) is 12.1 Å². The molecule has 178 valence electrons. The molecule has 1 fully saturated rings.